The van der Waals surface area contributed by atoms with Crippen molar-refractivity contribution >= 4 is 39.4 Å². The zero-order valence-electron chi connectivity index (χ0n) is 14.8. The Balaban J connectivity index is 1.75. The van der Waals surface area contributed by atoms with Gasteiger partial charge in [-0.25, -0.2) is 8.42 Å². The lowest BCUT2D eigenvalue weighted by atomic mass is 10.1. The molecule has 1 fully saturated rings. The van der Waals surface area contributed by atoms with Crippen molar-refractivity contribution in [2.24, 2.45) is 0 Å². The highest BCUT2D eigenvalue weighted by molar-refractivity contribution is 8.00. The number of ether oxygens (including phenoxy) is 1. The molecular formula is C19H20ClNO4S2. The molecular weight excluding hydrogens is 406 g/mol. The van der Waals surface area contributed by atoms with E-state index >= 15 is 0 Å². The molecule has 0 radical (unpaired) electrons. The molecule has 0 amide bonds. The Labute approximate surface area is 168 Å². The second-order valence-corrected chi connectivity index (χ2v) is 9.86. The van der Waals surface area contributed by atoms with E-state index in [-0.39, 0.29) is 21.9 Å². The summed E-state index contributed by atoms with van der Waals surface area (Å²) < 4.78 is 32.2. The van der Waals surface area contributed by atoms with Crippen LogP contribution in [0, 0.1) is 0 Å². The number of hydrogen-bond acceptors (Lipinski definition) is 5. The molecule has 0 aromatic heterocycles. The van der Waals surface area contributed by atoms with E-state index in [1.54, 1.807) is 30.3 Å². The van der Waals surface area contributed by atoms with Crippen molar-refractivity contribution in [2.45, 2.75) is 16.6 Å². The topological polar surface area (TPSA) is 63.7 Å². The highest BCUT2D eigenvalue weighted by Gasteiger charge is 2.33. The minimum Gasteiger partial charge on any atom is -0.468 e. The van der Waals surface area contributed by atoms with Crippen molar-refractivity contribution in [3.8, 4) is 11.1 Å². The van der Waals surface area contributed by atoms with E-state index in [0.29, 0.717) is 18.1 Å². The summed E-state index contributed by atoms with van der Waals surface area (Å²) in [6.45, 7) is 0.849. The van der Waals surface area contributed by atoms with Crippen LogP contribution in [0.25, 0.3) is 11.1 Å². The molecule has 0 N–H and O–H groups in total. The first-order chi connectivity index (χ1) is 12.9. The maximum Gasteiger partial charge on any atom is 0.315 e. The fraction of sp³-hybridized carbons (Fsp3) is 0.316. The standard InChI is InChI=1S/C19H20ClNO4S2/c1-25-19(22)13-26-17-9-10-21(12-17)27(23,24)18-4-2-3-15(11-18)14-5-7-16(20)8-6-14/h2-8,11,17H,9-10,12-13H2,1H3. The smallest absolute Gasteiger partial charge is 0.315 e. The second-order valence-electron chi connectivity index (χ2n) is 6.20. The van der Waals surface area contributed by atoms with Crippen LogP contribution in [0.5, 0.6) is 0 Å². The third-order valence-corrected chi connectivity index (χ3v) is 7.79. The molecule has 1 unspecified atom stereocenters. The van der Waals surface area contributed by atoms with E-state index in [4.69, 9.17) is 11.6 Å². The maximum atomic E-state index is 13.0. The Morgan fingerprint density at radius 2 is 1.96 bits per heavy atom. The molecule has 3 rings (SSSR count). The van der Waals surface area contributed by atoms with Gasteiger partial charge in [0.2, 0.25) is 10.0 Å². The first-order valence-electron chi connectivity index (χ1n) is 8.45. The molecule has 0 spiro atoms. The quantitative estimate of drug-likeness (QED) is 0.660. The summed E-state index contributed by atoms with van der Waals surface area (Å²) in [5, 5.41) is 0.730. The van der Waals surface area contributed by atoms with E-state index in [1.807, 2.05) is 18.2 Å². The third kappa shape index (κ3) is 4.85. The van der Waals surface area contributed by atoms with Gasteiger partial charge >= 0.3 is 5.97 Å². The Bertz CT molecular complexity index is 916. The summed E-state index contributed by atoms with van der Waals surface area (Å²) in [4.78, 5) is 11.6. The minimum absolute atomic E-state index is 0.0957. The lowest BCUT2D eigenvalue weighted by Crippen LogP contribution is -2.29. The molecule has 27 heavy (non-hydrogen) atoms. The molecule has 0 bridgehead atoms. The van der Waals surface area contributed by atoms with Gasteiger partial charge in [0, 0.05) is 23.4 Å². The number of carbonyl (C=O) groups is 1. The lowest BCUT2D eigenvalue weighted by molar-refractivity contribution is -0.137. The van der Waals surface area contributed by atoms with Crippen LogP contribution in [0.2, 0.25) is 5.02 Å². The molecule has 5 nitrogen and oxygen atoms in total. The normalized spacial score (nSPS) is 17.8. The van der Waals surface area contributed by atoms with Crippen molar-refractivity contribution in [3.05, 3.63) is 53.6 Å². The van der Waals surface area contributed by atoms with Crippen LogP contribution >= 0.6 is 23.4 Å². The number of halogens is 1. The fourth-order valence-corrected chi connectivity index (χ4v) is 5.74. The molecule has 2 aromatic carbocycles. The third-order valence-electron chi connectivity index (χ3n) is 4.42. The Morgan fingerprint density at radius 3 is 2.67 bits per heavy atom. The van der Waals surface area contributed by atoms with Gasteiger partial charge in [0.1, 0.15) is 0 Å². The largest absolute Gasteiger partial charge is 0.468 e. The zero-order valence-corrected chi connectivity index (χ0v) is 17.2. The molecule has 0 aliphatic carbocycles. The van der Waals surface area contributed by atoms with Gasteiger partial charge < -0.3 is 4.74 Å². The Morgan fingerprint density at radius 1 is 1.22 bits per heavy atom. The van der Waals surface area contributed by atoms with E-state index in [1.165, 1.54) is 23.2 Å². The van der Waals surface area contributed by atoms with E-state index in [9.17, 15) is 13.2 Å². The zero-order chi connectivity index (χ0) is 19.4. The molecule has 1 heterocycles. The van der Waals surface area contributed by atoms with Crippen molar-refractivity contribution in [1.29, 1.82) is 0 Å². The SMILES string of the molecule is COC(=O)CSC1CCN(S(=O)(=O)c2cccc(-c3ccc(Cl)cc3)c2)C1. The summed E-state index contributed by atoms with van der Waals surface area (Å²) in [6.07, 6.45) is 0.720. The van der Waals surface area contributed by atoms with Crippen LogP contribution in [0.4, 0.5) is 0 Å². The summed E-state index contributed by atoms with van der Waals surface area (Å²) in [7, 11) is -2.23. The molecule has 1 aliphatic rings. The number of hydrogen-bond donors (Lipinski definition) is 0. The van der Waals surface area contributed by atoms with Crippen LogP contribution in [0.3, 0.4) is 0 Å². The minimum atomic E-state index is -3.58. The number of sulfonamides is 1. The average Bonchev–Trinajstić information content (AvgIpc) is 3.16. The van der Waals surface area contributed by atoms with Gasteiger partial charge in [0.15, 0.2) is 0 Å². The second kappa shape index (κ2) is 8.65. The number of benzene rings is 2. The van der Waals surface area contributed by atoms with E-state index in [0.717, 1.165) is 17.5 Å². The van der Waals surface area contributed by atoms with Crippen molar-refractivity contribution in [2.75, 3.05) is 26.0 Å². The predicted octanol–water partition coefficient (Wildman–Crippen LogP) is 3.68. The van der Waals surface area contributed by atoms with Crippen LogP contribution in [0.15, 0.2) is 53.4 Å². The van der Waals surface area contributed by atoms with E-state index < -0.39 is 10.0 Å². The highest BCUT2D eigenvalue weighted by atomic mass is 35.5. The van der Waals surface area contributed by atoms with Gasteiger partial charge in [0.25, 0.3) is 0 Å². The molecule has 8 heteroatoms. The van der Waals surface area contributed by atoms with Crippen LogP contribution in [-0.2, 0) is 19.6 Å². The van der Waals surface area contributed by atoms with Gasteiger partial charge in [-0.05, 0) is 41.8 Å². The molecule has 1 aliphatic heterocycles. The molecule has 0 saturated carbocycles. The number of esters is 1. The lowest BCUT2D eigenvalue weighted by Gasteiger charge is -2.17. The Kier molecular flexibility index (Phi) is 6.47. The van der Waals surface area contributed by atoms with Crippen LogP contribution in [0.1, 0.15) is 6.42 Å². The summed E-state index contributed by atoms with van der Waals surface area (Å²) in [5.74, 6) is -0.0573. The van der Waals surface area contributed by atoms with Crippen LogP contribution in [-0.4, -0.2) is 49.9 Å². The van der Waals surface area contributed by atoms with Crippen molar-refractivity contribution in [3.63, 3.8) is 0 Å². The van der Waals surface area contributed by atoms with Crippen LogP contribution < -0.4 is 0 Å². The first-order valence-corrected chi connectivity index (χ1v) is 11.3. The van der Waals surface area contributed by atoms with Gasteiger partial charge in [-0.15, -0.1) is 11.8 Å². The highest BCUT2D eigenvalue weighted by Crippen LogP contribution is 2.30. The monoisotopic (exact) mass is 425 g/mol. The van der Waals surface area contributed by atoms with Crippen molar-refractivity contribution < 1.29 is 17.9 Å². The maximum absolute atomic E-state index is 13.0. The fourth-order valence-electron chi connectivity index (χ4n) is 2.92. The molecule has 2 aromatic rings. The number of methoxy groups -OCH3 is 1. The Hall–Kier alpha value is -1.54. The number of nitrogens with zero attached hydrogens (tertiary/aromatic N) is 1. The summed E-state index contributed by atoms with van der Waals surface area (Å²) in [5.41, 5.74) is 1.73. The molecule has 1 atom stereocenters. The summed E-state index contributed by atoms with van der Waals surface area (Å²) >= 11 is 7.36. The van der Waals surface area contributed by atoms with Gasteiger partial charge in [-0.3, -0.25) is 4.79 Å². The molecule has 1 saturated heterocycles. The van der Waals surface area contributed by atoms with E-state index in [2.05, 4.69) is 4.74 Å². The number of carbonyl (C=O) groups excluding carboxylic acids is 1. The average molecular weight is 426 g/mol. The van der Waals surface area contributed by atoms with Gasteiger partial charge in [-0.1, -0.05) is 35.9 Å². The number of thioether (sulfide) groups is 1. The summed E-state index contributed by atoms with van der Waals surface area (Å²) in [6, 6.07) is 14.2. The molecule has 144 valence electrons. The predicted molar refractivity (Wildman–Crippen MR) is 109 cm³/mol. The number of rotatable bonds is 6. The first kappa shape index (κ1) is 20.2. The van der Waals surface area contributed by atoms with Gasteiger partial charge in [0.05, 0.1) is 17.8 Å². The van der Waals surface area contributed by atoms with Crippen molar-refractivity contribution in [1.82, 2.24) is 4.31 Å². The van der Waals surface area contributed by atoms with Gasteiger partial charge in [-0.2, -0.15) is 4.31 Å².